The van der Waals surface area contributed by atoms with Crippen LogP contribution >= 0.6 is 0 Å². The van der Waals surface area contributed by atoms with Gasteiger partial charge in [-0.15, -0.1) is 5.10 Å². The van der Waals surface area contributed by atoms with Gasteiger partial charge >= 0.3 is 0 Å². The Hall–Kier alpha value is -2.96. The van der Waals surface area contributed by atoms with Gasteiger partial charge in [-0.2, -0.15) is 5.10 Å². The number of nitrogens with two attached hydrogens (primary N) is 1. The van der Waals surface area contributed by atoms with E-state index in [1.807, 2.05) is 61.5 Å². The molecule has 1 saturated heterocycles. The number of nitrogen functional groups attached to an aromatic ring is 1. The van der Waals surface area contributed by atoms with Crippen LogP contribution in [-0.4, -0.2) is 33.3 Å². The number of benzene rings is 2. The summed E-state index contributed by atoms with van der Waals surface area (Å²) in [6.07, 6.45) is 1.25. The molecule has 2 heterocycles. The van der Waals surface area contributed by atoms with Crippen molar-refractivity contribution in [3.05, 3.63) is 77.5 Å². The molecule has 0 bridgehead atoms. The summed E-state index contributed by atoms with van der Waals surface area (Å²) in [4.78, 5) is 2.09. The number of likely N-dealkylation sites (tertiary alicyclic amines) is 1. The van der Waals surface area contributed by atoms with Crippen molar-refractivity contribution < 1.29 is 9.84 Å². The van der Waals surface area contributed by atoms with Crippen LogP contribution in [0.2, 0.25) is 0 Å². The van der Waals surface area contributed by atoms with Crippen molar-refractivity contribution in [3.63, 3.8) is 0 Å². The van der Waals surface area contributed by atoms with E-state index in [1.165, 1.54) is 5.56 Å². The molecule has 29 heavy (non-hydrogen) atoms. The average Bonchev–Trinajstić information content (AvgIpc) is 2.76. The first-order valence-electron chi connectivity index (χ1n) is 9.94. The Morgan fingerprint density at radius 1 is 0.931 bits per heavy atom. The molecule has 3 aromatic rings. The molecule has 1 aliphatic rings. The van der Waals surface area contributed by atoms with E-state index in [1.54, 1.807) is 6.07 Å². The van der Waals surface area contributed by atoms with E-state index in [9.17, 15) is 5.11 Å². The molecule has 1 fully saturated rings. The van der Waals surface area contributed by atoms with Crippen LogP contribution in [0.3, 0.4) is 0 Å². The van der Waals surface area contributed by atoms with E-state index in [0.717, 1.165) is 48.7 Å². The van der Waals surface area contributed by atoms with Gasteiger partial charge in [-0.3, -0.25) is 4.90 Å². The van der Waals surface area contributed by atoms with Gasteiger partial charge in [0.05, 0.1) is 5.69 Å². The molecular formula is C23H26N4O2. The summed E-state index contributed by atoms with van der Waals surface area (Å²) < 4.78 is 5.87. The Balaban J connectivity index is 1.34. The maximum Gasteiger partial charge on any atom is 0.146 e. The maximum absolute atomic E-state index is 10.8. The van der Waals surface area contributed by atoms with E-state index in [2.05, 4.69) is 15.1 Å². The van der Waals surface area contributed by atoms with Gasteiger partial charge in [-0.05, 0) is 61.7 Å². The molecule has 150 valence electrons. The van der Waals surface area contributed by atoms with Crippen LogP contribution in [0.25, 0.3) is 0 Å². The molecule has 1 aromatic heterocycles. The van der Waals surface area contributed by atoms with E-state index >= 15 is 0 Å². The van der Waals surface area contributed by atoms with E-state index < -0.39 is 6.23 Å². The fourth-order valence-electron chi connectivity index (χ4n) is 3.67. The molecule has 4 rings (SSSR count). The van der Waals surface area contributed by atoms with Gasteiger partial charge in [0.15, 0.2) is 0 Å². The third kappa shape index (κ3) is 4.72. The zero-order valence-electron chi connectivity index (χ0n) is 16.5. The zero-order valence-corrected chi connectivity index (χ0v) is 16.5. The first kappa shape index (κ1) is 19.4. The fourth-order valence-corrected chi connectivity index (χ4v) is 3.67. The second-order valence-electron chi connectivity index (χ2n) is 7.55. The number of piperidine rings is 1. The smallest absolute Gasteiger partial charge is 0.146 e. The molecule has 6 nitrogen and oxygen atoms in total. The Morgan fingerprint density at radius 2 is 1.55 bits per heavy atom. The third-order valence-corrected chi connectivity index (χ3v) is 5.43. The standard InChI is InChI=1S/C23H26N4O2/c1-16-2-6-19(7-3-16)29-20-8-4-18(5-9-20)23(28)27-14-12-17(13-15-27)21-10-11-22(24)26-25-21/h2-11,17,23,28H,12-15H2,1H3,(H2,24,26). The fraction of sp³-hybridized carbons (Fsp3) is 0.304. The first-order chi connectivity index (χ1) is 14.1. The molecule has 1 aliphatic heterocycles. The monoisotopic (exact) mass is 390 g/mol. The Labute approximate surface area is 171 Å². The number of hydrogen-bond acceptors (Lipinski definition) is 6. The van der Waals surface area contributed by atoms with Gasteiger partial charge in [-0.1, -0.05) is 29.8 Å². The second kappa shape index (κ2) is 8.59. The van der Waals surface area contributed by atoms with Crippen LogP contribution in [0, 0.1) is 6.92 Å². The largest absolute Gasteiger partial charge is 0.457 e. The SMILES string of the molecule is Cc1ccc(Oc2ccc(C(O)N3CCC(c4ccc(N)nn4)CC3)cc2)cc1. The molecular weight excluding hydrogens is 364 g/mol. The van der Waals surface area contributed by atoms with Gasteiger partial charge in [0.1, 0.15) is 23.5 Å². The lowest BCUT2D eigenvalue weighted by molar-refractivity contribution is -0.0134. The number of hydrogen-bond donors (Lipinski definition) is 2. The molecule has 0 spiro atoms. The summed E-state index contributed by atoms with van der Waals surface area (Å²) in [6.45, 7) is 3.66. The van der Waals surface area contributed by atoms with Gasteiger partial charge in [-0.25, -0.2) is 0 Å². The van der Waals surface area contributed by atoms with Crippen molar-refractivity contribution in [1.29, 1.82) is 0 Å². The minimum Gasteiger partial charge on any atom is -0.457 e. The number of aliphatic hydroxyl groups excluding tert-OH is 1. The topological polar surface area (TPSA) is 84.5 Å². The quantitative estimate of drug-likeness (QED) is 0.684. The van der Waals surface area contributed by atoms with Crippen molar-refractivity contribution in [2.24, 2.45) is 0 Å². The van der Waals surface area contributed by atoms with E-state index in [0.29, 0.717) is 11.7 Å². The highest BCUT2D eigenvalue weighted by Gasteiger charge is 2.26. The first-order valence-corrected chi connectivity index (χ1v) is 9.94. The van der Waals surface area contributed by atoms with Crippen molar-refractivity contribution in [2.45, 2.75) is 31.9 Å². The Kier molecular flexibility index (Phi) is 5.74. The molecule has 1 unspecified atom stereocenters. The summed E-state index contributed by atoms with van der Waals surface area (Å²) in [7, 11) is 0. The Morgan fingerprint density at radius 3 is 2.14 bits per heavy atom. The number of aryl methyl sites for hydroxylation is 1. The Bertz CT molecular complexity index is 919. The molecule has 1 atom stereocenters. The van der Waals surface area contributed by atoms with Crippen LogP contribution in [0.1, 0.15) is 41.8 Å². The minimum atomic E-state index is -0.623. The lowest BCUT2D eigenvalue weighted by atomic mass is 9.93. The van der Waals surface area contributed by atoms with Gasteiger partial charge in [0.25, 0.3) is 0 Å². The second-order valence-corrected chi connectivity index (χ2v) is 7.55. The summed E-state index contributed by atoms with van der Waals surface area (Å²) in [5, 5.41) is 19.0. The predicted molar refractivity (Wildman–Crippen MR) is 113 cm³/mol. The van der Waals surface area contributed by atoms with Crippen molar-refractivity contribution in [2.75, 3.05) is 18.8 Å². The number of aromatic nitrogens is 2. The maximum atomic E-state index is 10.8. The molecule has 0 radical (unpaired) electrons. The number of rotatable bonds is 5. The summed E-state index contributed by atoms with van der Waals surface area (Å²) in [5.41, 5.74) is 8.66. The molecule has 2 aromatic carbocycles. The van der Waals surface area contributed by atoms with Crippen molar-refractivity contribution in [1.82, 2.24) is 15.1 Å². The number of ether oxygens (including phenoxy) is 1. The van der Waals surface area contributed by atoms with Crippen molar-refractivity contribution in [3.8, 4) is 11.5 Å². The lowest BCUT2D eigenvalue weighted by Crippen LogP contribution is -2.36. The molecule has 0 saturated carbocycles. The molecule has 0 aliphatic carbocycles. The molecule has 0 amide bonds. The van der Waals surface area contributed by atoms with E-state index in [4.69, 9.17) is 10.5 Å². The van der Waals surface area contributed by atoms with Crippen LogP contribution in [-0.2, 0) is 0 Å². The zero-order chi connectivity index (χ0) is 20.2. The minimum absolute atomic E-state index is 0.358. The normalized spacial score (nSPS) is 16.5. The average molecular weight is 390 g/mol. The summed E-state index contributed by atoms with van der Waals surface area (Å²) >= 11 is 0. The van der Waals surface area contributed by atoms with Crippen LogP contribution in [0.4, 0.5) is 5.82 Å². The van der Waals surface area contributed by atoms with E-state index in [-0.39, 0.29) is 0 Å². The lowest BCUT2D eigenvalue weighted by Gasteiger charge is -2.34. The van der Waals surface area contributed by atoms with Crippen molar-refractivity contribution >= 4 is 5.82 Å². The van der Waals surface area contributed by atoms with Gasteiger partial charge < -0.3 is 15.6 Å². The number of anilines is 1. The highest BCUT2D eigenvalue weighted by Crippen LogP contribution is 2.31. The van der Waals surface area contributed by atoms with Gasteiger partial charge in [0.2, 0.25) is 0 Å². The van der Waals surface area contributed by atoms with Crippen LogP contribution < -0.4 is 10.5 Å². The van der Waals surface area contributed by atoms with Crippen LogP contribution in [0.15, 0.2) is 60.7 Å². The van der Waals surface area contributed by atoms with Gasteiger partial charge in [0, 0.05) is 19.0 Å². The molecule has 3 N–H and O–H groups in total. The van der Waals surface area contributed by atoms with Crippen LogP contribution in [0.5, 0.6) is 11.5 Å². The molecule has 6 heteroatoms. The number of nitrogens with zero attached hydrogens (tertiary/aromatic N) is 3. The summed E-state index contributed by atoms with van der Waals surface area (Å²) in [5.74, 6) is 2.36. The highest BCUT2D eigenvalue weighted by molar-refractivity contribution is 5.35. The third-order valence-electron chi connectivity index (χ3n) is 5.43. The summed E-state index contributed by atoms with van der Waals surface area (Å²) in [6, 6.07) is 19.3. The number of aliphatic hydroxyl groups is 1. The highest BCUT2D eigenvalue weighted by atomic mass is 16.5. The predicted octanol–water partition coefficient (Wildman–Crippen LogP) is 4.03.